The molecular formula is C23H33N4O3S+. The molecule has 1 atom stereocenters. The van der Waals surface area contributed by atoms with Crippen LogP contribution in [0.5, 0.6) is 0 Å². The van der Waals surface area contributed by atoms with Crippen LogP contribution in [0.25, 0.3) is 0 Å². The zero-order valence-corrected chi connectivity index (χ0v) is 19.1. The van der Waals surface area contributed by atoms with Crippen molar-refractivity contribution < 1.29 is 13.2 Å². The predicted octanol–water partition coefficient (Wildman–Crippen LogP) is 2.76. The molecule has 3 fully saturated rings. The minimum absolute atomic E-state index is 0.369. The number of benzene rings is 1. The fourth-order valence-electron chi connectivity index (χ4n) is 5.24. The molecule has 1 aliphatic carbocycles. The van der Waals surface area contributed by atoms with Crippen LogP contribution in [0, 0.1) is 5.92 Å². The van der Waals surface area contributed by atoms with Crippen molar-refractivity contribution in [3.8, 4) is 0 Å². The quantitative estimate of drug-likeness (QED) is 0.652. The third kappa shape index (κ3) is 3.84. The summed E-state index contributed by atoms with van der Waals surface area (Å²) in [6, 6.07) is 10.0. The third-order valence-corrected chi connectivity index (χ3v) is 8.72. The molecule has 8 heteroatoms. The van der Waals surface area contributed by atoms with Gasteiger partial charge in [0.25, 0.3) is 0 Å². The number of piperidine rings is 1. The summed E-state index contributed by atoms with van der Waals surface area (Å²) in [7, 11) is -3.54. The largest absolute Gasteiger partial charge is 0.379 e. The minimum atomic E-state index is -3.54. The molecule has 0 spiro atoms. The van der Waals surface area contributed by atoms with E-state index in [-0.39, 0.29) is 0 Å². The molecule has 3 aliphatic heterocycles. The highest BCUT2D eigenvalue weighted by molar-refractivity contribution is 7.90. The molecule has 7 nitrogen and oxygen atoms in total. The number of nitrogens with zero attached hydrogens (tertiary/aromatic N) is 4. The summed E-state index contributed by atoms with van der Waals surface area (Å²) in [5, 5.41) is 4.95. The number of rotatable bonds is 5. The van der Waals surface area contributed by atoms with Gasteiger partial charge in [-0.05, 0) is 29.7 Å². The maximum absolute atomic E-state index is 13.1. The lowest BCUT2D eigenvalue weighted by Crippen LogP contribution is -2.49. The number of para-hydroxylation sites is 1. The number of hydrogen-bond acceptors (Lipinski definition) is 6. The fraction of sp³-hybridized carbons (Fsp3) is 0.609. The molecule has 1 unspecified atom stereocenters. The van der Waals surface area contributed by atoms with Gasteiger partial charge in [-0.15, -0.1) is 0 Å². The maximum Gasteiger partial charge on any atom is 0.328 e. The van der Waals surface area contributed by atoms with E-state index < -0.39 is 14.0 Å². The molecule has 31 heavy (non-hydrogen) atoms. The van der Waals surface area contributed by atoms with E-state index in [9.17, 15) is 8.42 Å². The Bertz CT molecular complexity index is 960. The Morgan fingerprint density at radius 3 is 2.26 bits per heavy atom. The van der Waals surface area contributed by atoms with Crippen LogP contribution in [0.15, 0.2) is 47.3 Å². The summed E-state index contributed by atoms with van der Waals surface area (Å²) in [6.45, 7) is 5.58. The molecule has 1 saturated carbocycles. The molecule has 0 bridgehead atoms. The molecule has 2 saturated heterocycles. The highest BCUT2D eigenvalue weighted by Gasteiger charge is 2.50. The van der Waals surface area contributed by atoms with Gasteiger partial charge in [0, 0.05) is 50.3 Å². The number of hydrogen-bond donors (Lipinski definition) is 0. The molecule has 0 N–H and O–H groups in total. The van der Waals surface area contributed by atoms with E-state index in [1.54, 1.807) is 0 Å². The number of morpholine rings is 1. The van der Waals surface area contributed by atoms with E-state index in [0.29, 0.717) is 17.6 Å². The summed E-state index contributed by atoms with van der Waals surface area (Å²) in [4.78, 5) is 4.95. The minimum Gasteiger partial charge on any atom is -0.379 e. The number of likely N-dealkylation sites (tertiary alicyclic amines) is 1. The summed E-state index contributed by atoms with van der Waals surface area (Å²) in [5.74, 6) is 0.369. The van der Waals surface area contributed by atoms with Crippen LogP contribution in [-0.2, 0) is 14.8 Å². The maximum atomic E-state index is 13.1. The van der Waals surface area contributed by atoms with Crippen molar-refractivity contribution in [2.75, 3.05) is 45.6 Å². The molecular weight excluding hydrogens is 412 g/mol. The van der Waals surface area contributed by atoms with E-state index in [4.69, 9.17) is 9.84 Å². The number of quaternary nitrogens is 1. The molecule has 5 rings (SSSR count). The number of ether oxygens (including phenoxy) is 1. The highest BCUT2D eigenvalue weighted by Crippen LogP contribution is 2.41. The van der Waals surface area contributed by atoms with Crippen molar-refractivity contribution in [1.82, 2.24) is 13.8 Å². The van der Waals surface area contributed by atoms with Gasteiger partial charge in [0.1, 0.15) is 11.4 Å². The summed E-state index contributed by atoms with van der Waals surface area (Å²) in [5.41, 5.74) is 2.71. The molecule has 4 aliphatic rings. The highest BCUT2D eigenvalue weighted by atomic mass is 32.2. The van der Waals surface area contributed by atoms with E-state index in [0.717, 1.165) is 76.5 Å². The average Bonchev–Trinajstić information content (AvgIpc) is 3.15. The Labute approximate surface area is 185 Å². The summed E-state index contributed by atoms with van der Waals surface area (Å²) in [6.07, 6.45) is 8.77. The Kier molecular flexibility index (Phi) is 5.66. The van der Waals surface area contributed by atoms with Crippen molar-refractivity contribution in [2.24, 2.45) is 11.0 Å². The van der Waals surface area contributed by atoms with E-state index >= 15 is 0 Å². The van der Waals surface area contributed by atoms with Crippen LogP contribution in [0.3, 0.4) is 0 Å². The van der Waals surface area contributed by atoms with Crippen molar-refractivity contribution in [3.63, 3.8) is 0 Å². The predicted molar refractivity (Wildman–Crippen MR) is 123 cm³/mol. The second kappa shape index (κ2) is 8.31. The van der Waals surface area contributed by atoms with Gasteiger partial charge in [0.2, 0.25) is 0 Å². The van der Waals surface area contributed by atoms with Gasteiger partial charge >= 0.3 is 10.0 Å². The molecule has 3 heterocycles. The van der Waals surface area contributed by atoms with Gasteiger partial charge in [0.05, 0.1) is 19.5 Å². The van der Waals surface area contributed by atoms with Crippen LogP contribution in [0.4, 0.5) is 5.69 Å². The first kappa shape index (κ1) is 21.1. The number of allylic oxidation sites excluding steroid dienone is 1. The smallest absolute Gasteiger partial charge is 0.328 e. The number of sulfonamides is 1. The van der Waals surface area contributed by atoms with E-state index in [2.05, 4.69) is 9.80 Å². The summed E-state index contributed by atoms with van der Waals surface area (Å²) >= 11 is 0. The Hall–Kier alpha value is -1.74. The van der Waals surface area contributed by atoms with Gasteiger partial charge in [-0.2, -0.15) is 8.42 Å². The van der Waals surface area contributed by atoms with Crippen LogP contribution < -0.4 is 4.00 Å². The molecule has 0 aromatic heterocycles. The van der Waals surface area contributed by atoms with Crippen molar-refractivity contribution in [1.29, 1.82) is 0 Å². The lowest BCUT2D eigenvalue weighted by Gasteiger charge is -2.41. The molecule has 168 valence electrons. The van der Waals surface area contributed by atoms with Gasteiger partial charge in [-0.1, -0.05) is 29.7 Å². The first-order chi connectivity index (χ1) is 15.0. The average molecular weight is 446 g/mol. The van der Waals surface area contributed by atoms with Gasteiger partial charge < -0.3 is 9.64 Å². The first-order valence-corrected chi connectivity index (χ1v) is 13.4. The van der Waals surface area contributed by atoms with Crippen LogP contribution in [0.1, 0.15) is 32.1 Å². The first-order valence-electron chi connectivity index (χ1n) is 11.5. The second-order valence-corrected chi connectivity index (χ2v) is 11.2. The fourth-order valence-corrected chi connectivity index (χ4v) is 6.27. The Balaban J connectivity index is 1.45. The second-order valence-electron chi connectivity index (χ2n) is 9.19. The zero-order chi connectivity index (χ0) is 21.5. The lowest BCUT2D eigenvalue weighted by atomic mass is 9.80. The van der Waals surface area contributed by atoms with Gasteiger partial charge in [0.15, 0.2) is 11.9 Å². The van der Waals surface area contributed by atoms with E-state index in [1.807, 2.05) is 36.5 Å². The van der Waals surface area contributed by atoms with E-state index in [1.165, 1.54) is 12.7 Å². The van der Waals surface area contributed by atoms with Gasteiger partial charge in [-0.3, -0.25) is 4.90 Å². The monoisotopic (exact) mass is 445 g/mol. The van der Waals surface area contributed by atoms with Crippen molar-refractivity contribution in [2.45, 2.75) is 38.1 Å². The molecule has 1 aromatic carbocycles. The van der Waals surface area contributed by atoms with Crippen molar-refractivity contribution >= 4 is 21.4 Å². The summed E-state index contributed by atoms with van der Waals surface area (Å²) < 4.78 is 31.3. The normalized spacial score (nSPS) is 28.9. The lowest BCUT2D eigenvalue weighted by molar-refractivity contribution is 0.00377. The SMILES string of the molecule is CS(=O)(=O)[N+]1(c2ccccc2)C=C(N2CCC(N3CCOCC3)CC2)C(C2CCC2)=N1. The van der Waals surface area contributed by atoms with Crippen LogP contribution >= 0.6 is 0 Å². The third-order valence-electron chi connectivity index (χ3n) is 7.31. The standard InChI is InChI=1S/C23H33N4O3S/c1-31(28,29)27(21-8-3-2-4-9-21)18-22(23(24-27)19-6-5-7-19)26-12-10-20(11-13-26)25-14-16-30-17-15-25/h2-4,8-9,18-20H,5-7,10-17H2,1H3/q+1. The topological polar surface area (TPSA) is 62.2 Å². The van der Waals surface area contributed by atoms with Crippen LogP contribution in [0.2, 0.25) is 0 Å². The van der Waals surface area contributed by atoms with Crippen molar-refractivity contribution in [3.05, 3.63) is 42.2 Å². The van der Waals surface area contributed by atoms with Gasteiger partial charge in [-0.25, -0.2) is 0 Å². The zero-order valence-electron chi connectivity index (χ0n) is 18.3. The Morgan fingerprint density at radius 2 is 1.68 bits per heavy atom. The van der Waals surface area contributed by atoms with Crippen LogP contribution in [-0.4, -0.2) is 75.6 Å². The Morgan fingerprint density at radius 1 is 1.00 bits per heavy atom. The molecule has 0 amide bonds. The molecule has 0 radical (unpaired) electrons. The molecule has 1 aromatic rings.